The molecule has 30 heavy (non-hydrogen) atoms. The van der Waals surface area contributed by atoms with Crippen LogP contribution >= 0.6 is 0 Å². The fourth-order valence-corrected chi connectivity index (χ4v) is 3.20. The van der Waals surface area contributed by atoms with Gasteiger partial charge in [-0.3, -0.25) is 9.89 Å². The van der Waals surface area contributed by atoms with Crippen LogP contribution in [0.5, 0.6) is 11.5 Å². The number of carbonyl (C=O) groups excluding carboxylic acids is 1. The Bertz CT molecular complexity index is 1230. The van der Waals surface area contributed by atoms with Crippen molar-refractivity contribution < 1.29 is 14.3 Å². The smallest absolute Gasteiger partial charge is 0.289 e. The van der Waals surface area contributed by atoms with Gasteiger partial charge >= 0.3 is 0 Å². The first-order chi connectivity index (χ1) is 14.7. The third-order valence-electron chi connectivity index (χ3n) is 4.66. The van der Waals surface area contributed by atoms with Crippen LogP contribution in [0.4, 0.5) is 0 Å². The predicted molar refractivity (Wildman–Crippen MR) is 116 cm³/mol. The number of benzene rings is 3. The summed E-state index contributed by atoms with van der Waals surface area (Å²) in [5, 5.41) is 13.2. The third-order valence-corrected chi connectivity index (χ3v) is 4.66. The van der Waals surface area contributed by atoms with Gasteiger partial charge in [0.25, 0.3) is 5.91 Å². The van der Waals surface area contributed by atoms with Crippen LogP contribution in [0.15, 0.2) is 71.8 Å². The number of H-pyrrole nitrogens is 1. The highest BCUT2D eigenvalue weighted by Gasteiger charge is 2.16. The minimum Gasteiger partial charge on any atom is -0.497 e. The molecule has 4 rings (SSSR count). The van der Waals surface area contributed by atoms with E-state index in [0.717, 1.165) is 21.9 Å². The number of methoxy groups -OCH3 is 2. The van der Waals surface area contributed by atoms with Crippen LogP contribution in [0, 0.1) is 0 Å². The molecule has 0 fully saturated rings. The zero-order valence-corrected chi connectivity index (χ0v) is 16.5. The van der Waals surface area contributed by atoms with Gasteiger partial charge < -0.3 is 9.47 Å². The number of nitrogens with one attached hydrogen (secondary N) is 2. The van der Waals surface area contributed by atoms with Gasteiger partial charge in [0.15, 0.2) is 0 Å². The van der Waals surface area contributed by atoms with E-state index in [2.05, 4.69) is 20.7 Å². The van der Waals surface area contributed by atoms with Crippen molar-refractivity contribution in [1.82, 2.24) is 15.6 Å². The average molecular weight is 400 g/mol. The zero-order valence-electron chi connectivity index (χ0n) is 16.5. The van der Waals surface area contributed by atoms with Crippen LogP contribution < -0.4 is 14.9 Å². The number of aromatic amines is 1. The van der Waals surface area contributed by atoms with Crippen molar-refractivity contribution in [1.29, 1.82) is 0 Å². The Labute approximate surface area is 173 Å². The van der Waals surface area contributed by atoms with E-state index in [9.17, 15) is 4.79 Å². The first-order valence-corrected chi connectivity index (χ1v) is 9.28. The lowest BCUT2D eigenvalue weighted by Crippen LogP contribution is -2.18. The molecule has 7 heteroatoms. The molecule has 0 spiro atoms. The molecule has 2 N–H and O–H groups in total. The van der Waals surface area contributed by atoms with Crippen molar-refractivity contribution in [3.63, 3.8) is 0 Å². The molecule has 0 bridgehead atoms. The molecule has 4 aromatic rings. The molecule has 3 aromatic carbocycles. The van der Waals surface area contributed by atoms with Gasteiger partial charge in [0.2, 0.25) is 0 Å². The highest BCUT2D eigenvalue weighted by atomic mass is 16.5. The molecule has 150 valence electrons. The molecular formula is C23H20N4O3. The maximum Gasteiger partial charge on any atom is 0.289 e. The van der Waals surface area contributed by atoms with Gasteiger partial charge in [-0.05, 0) is 40.6 Å². The molecule has 0 aliphatic rings. The van der Waals surface area contributed by atoms with Crippen molar-refractivity contribution in [2.45, 2.75) is 0 Å². The summed E-state index contributed by atoms with van der Waals surface area (Å²) < 4.78 is 10.7. The minimum absolute atomic E-state index is 0.294. The lowest BCUT2D eigenvalue weighted by molar-refractivity contribution is 0.0950. The monoisotopic (exact) mass is 400 g/mol. The Morgan fingerprint density at radius 3 is 2.73 bits per heavy atom. The molecule has 0 aliphatic carbocycles. The van der Waals surface area contributed by atoms with Crippen molar-refractivity contribution >= 4 is 22.9 Å². The summed E-state index contributed by atoms with van der Waals surface area (Å²) in [7, 11) is 3.21. The summed E-state index contributed by atoms with van der Waals surface area (Å²) in [5.41, 5.74) is 5.04. The number of nitrogens with zero attached hydrogens (tertiary/aromatic N) is 2. The zero-order chi connectivity index (χ0) is 20.9. The van der Waals surface area contributed by atoms with Gasteiger partial charge in [-0.15, -0.1) is 0 Å². The van der Waals surface area contributed by atoms with Crippen LogP contribution in [-0.2, 0) is 0 Å². The van der Waals surface area contributed by atoms with Crippen LogP contribution in [-0.4, -0.2) is 36.5 Å². The maximum atomic E-state index is 12.5. The Hall–Kier alpha value is -4.13. The lowest BCUT2D eigenvalue weighted by atomic mass is 10.0. The standard InChI is InChI=1S/C23H20N4O3/c1-29-17-8-5-6-15(12-17)14-24-27-23(28)20-13-19(25-26-20)22-18-9-4-3-7-16(18)10-11-21(22)30-2/h3-14H,1-2H3,(H,25,26)(H,27,28)/b24-14-. The molecule has 0 aliphatic heterocycles. The molecular weight excluding hydrogens is 380 g/mol. The van der Waals surface area contributed by atoms with Crippen LogP contribution in [0.2, 0.25) is 0 Å². The summed E-state index contributed by atoms with van der Waals surface area (Å²) >= 11 is 0. The molecule has 0 unspecified atom stereocenters. The maximum absolute atomic E-state index is 12.5. The summed E-state index contributed by atoms with van der Waals surface area (Å²) in [4.78, 5) is 12.5. The highest BCUT2D eigenvalue weighted by Crippen LogP contribution is 2.36. The number of hydrazone groups is 1. The first-order valence-electron chi connectivity index (χ1n) is 9.28. The van der Waals surface area contributed by atoms with E-state index in [1.54, 1.807) is 26.5 Å². The summed E-state index contributed by atoms with van der Waals surface area (Å²) in [6, 6.07) is 20.9. The van der Waals surface area contributed by atoms with Crippen molar-refractivity contribution in [2.24, 2.45) is 5.10 Å². The van der Waals surface area contributed by atoms with Gasteiger partial charge in [-0.25, -0.2) is 5.43 Å². The number of rotatable bonds is 6. The second kappa shape index (κ2) is 8.48. The predicted octanol–water partition coefficient (Wildman–Crippen LogP) is 4.01. The molecule has 0 saturated heterocycles. The van der Waals surface area contributed by atoms with Crippen molar-refractivity contribution in [2.75, 3.05) is 14.2 Å². The van der Waals surface area contributed by atoms with Gasteiger partial charge in [0, 0.05) is 0 Å². The summed E-state index contributed by atoms with van der Waals surface area (Å²) in [6.45, 7) is 0. The topological polar surface area (TPSA) is 88.6 Å². The molecule has 1 heterocycles. The van der Waals surface area contributed by atoms with E-state index in [-0.39, 0.29) is 0 Å². The first kappa shape index (κ1) is 19.2. The van der Waals surface area contributed by atoms with E-state index < -0.39 is 5.91 Å². The van der Waals surface area contributed by atoms with E-state index in [1.807, 2.05) is 60.7 Å². The molecule has 0 atom stereocenters. The van der Waals surface area contributed by atoms with Gasteiger partial charge in [-0.1, -0.05) is 42.5 Å². The second-order valence-electron chi connectivity index (χ2n) is 6.51. The van der Waals surface area contributed by atoms with Crippen LogP contribution in [0.1, 0.15) is 16.1 Å². The number of carbonyl (C=O) groups is 1. The molecule has 1 amide bonds. The number of hydrogen-bond donors (Lipinski definition) is 2. The Balaban J connectivity index is 1.56. The van der Waals surface area contributed by atoms with E-state index >= 15 is 0 Å². The van der Waals surface area contributed by atoms with E-state index in [0.29, 0.717) is 22.9 Å². The number of amides is 1. The van der Waals surface area contributed by atoms with Crippen LogP contribution in [0.25, 0.3) is 22.0 Å². The fourth-order valence-electron chi connectivity index (χ4n) is 3.20. The largest absolute Gasteiger partial charge is 0.497 e. The Morgan fingerprint density at radius 1 is 1.03 bits per heavy atom. The molecule has 0 saturated carbocycles. The minimum atomic E-state index is -0.396. The third kappa shape index (κ3) is 3.86. The Morgan fingerprint density at radius 2 is 1.90 bits per heavy atom. The van der Waals surface area contributed by atoms with Crippen molar-refractivity contribution in [3.05, 3.63) is 78.0 Å². The fraction of sp³-hybridized carbons (Fsp3) is 0.0870. The van der Waals surface area contributed by atoms with Crippen molar-refractivity contribution in [3.8, 4) is 22.8 Å². The normalized spacial score (nSPS) is 11.0. The molecule has 0 radical (unpaired) electrons. The number of fused-ring (bicyclic) bond motifs is 1. The number of aromatic nitrogens is 2. The quantitative estimate of drug-likeness (QED) is 0.378. The van der Waals surface area contributed by atoms with Crippen LogP contribution in [0.3, 0.4) is 0 Å². The highest BCUT2D eigenvalue weighted by molar-refractivity contribution is 6.00. The molecule has 7 nitrogen and oxygen atoms in total. The van der Waals surface area contributed by atoms with Gasteiger partial charge in [0.05, 0.1) is 31.7 Å². The Kier molecular flexibility index (Phi) is 5.43. The molecule has 1 aromatic heterocycles. The summed E-state index contributed by atoms with van der Waals surface area (Å²) in [6.07, 6.45) is 1.55. The van der Waals surface area contributed by atoms with E-state index in [4.69, 9.17) is 9.47 Å². The van der Waals surface area contributed by atoms with E-state index in [1.165, 1.54) is 0 Å². The lowest BCUT2D eigenvalue weighted by Gasteiger charge is -2.09. The number of ether oxygens (including phenoxy) is 2. The SMILES string of the molecule is COc1cccc(/C=N\NC(=O)c2cc(-c3c(OC)ccc4ccccc34)n[nH]2)c1. The van der Waals surface area contributed by atoms with Gasteiger partial charge in [0.1, 0.15) is 17.2 Å². The second-order valence-corrected chi connectivity index (χ2v) is 6.51. The summed E-state index contributed by atoms with van der Waals surface area (Å²) in [5.74, 6) is 1.00. The average Bonchev–Trinajstić information content (AvgIpc) is 3.28. The number of hydrogen-bond acceptors (Lipinski definition) is 5. The van der Waals surface area contributed by atoms with Gasteiger partial charge in [-0.2, -0.15) is 10.2 Å².